The highest BCUT2D eigenvalue weighted by Gasteiger charge is 2.60. The van der Waals surface area contributed by atoms with Crippen molar-refractivity contribution in [3.8, 4) is 0 Å². The maximum atomic E-state index is 14.2. The van der Waals surface area contributed by atoms with Crippen LogP contribution in [0.4, 0.5) is 5.69 Å². The largest absolute Gasteiger partial charge is 0.382 e. The number of anilines is 1. The molecule has 0 bridgehead atoms. The summed E-state index contributed by atoms with van der Waals surface area (Å²) < 4.78 is 10.7. The molecule has 2 aliphatic heterocycles. The van der Waals surface area contributed by atoms with E-state index < -0.39 is 11.7 Å². The van der Waals surface area contributed by atoms with Gasteiger partial charge in [0.05, 0.1) is 24.5 Å². The number of aryl methyl sites for hydroxylation is 1. The predicted octanol–water partition coefficient (Wildman–Crippen LogP) is 5.83. The molecule has 4 atom stereocenters. The molecule has 6 rings (SSSR count). The maximum Gasteiger partial charge on any atom is 0.264 e. The van der Waals surface area contributed by atoms with Crippen molar-refractivity contribution in [3.63, 3.8) is 0 Å². The summed E-state index contributed by atoms with van der Waals surface area (Å²) in [4.78, 5) is 16.0. The number of carbonyl (C=O) groups excluding carboxylic acids is 1. The minimum atomic E-state index is -0.985. The molecule has 0 aliphatic carbocycles. The molecule has 3 heterocycles. The van der Waals surface area contributed by atoms with Crippen molar-refractivity contribution in [2.75, 3.05) is 4.90 Å². The van der Waals surface area contributed by atoms with Gasteiger partial charge in [0.2, 0.25) is 0 Å². The van der Waals surface area contributed by atoms with Crippen LogP contribution in [0.2, 0.25) is 0 Å². The van der Waals surface area contributed by atoms with Crippen molar-refractivity contribution < 1.29 is 14.6 Å². The Kier molecular flexibility index (Phi) is 7.51. The van der Waals surface area contributed by atoms with Crippen LogP contribution in [0.25, 0.3) is 0 Å². The van der Waals surface area contributed by atoms with E-state index >= 15 is 0 Å². The molecule has 0 unspecified atom stereocenters. The number of aliphatic hydroxyl groups is 1. The second-order valence-electron chi connectivity index (χ2n) is 10.3. The van der Waals surface area contributed by atoms with Crippen LogP contribution in [0.3, 0.4) is 0 Å². The normalized spacial score (nSPS) is 23.0. The Morgan fingerprint density at radius 3 is 2.59 bits per heavy atom. The lowest BCUT2D eigenvalue weighted by Crippen LogP contribution is -2.43. The maximum absolute atomic E-state index is 14.2. The Morgan fingerprint density at radius 1 is 1.08 bits per heavy atom. The molecule has 3 aromatic carbocycles. The lowest BCUT2D eigenvalue weighted by atomic mass is 9.83. The first kappa shape index (κ1) is 26.9. The Bertz CT molecular complexity index is 1490. The third-order valence-corrected chi connectivity index (χ3v) is 9.15. The first-order valence-corrected chi connectivity index (χ1v) is 15.2. The van der Waals surface area contributed by atoms with E-state index in [0.717, 1.165) is 32.4 Å². The lowest BCUT2D eigenvalue weighted by molar-refractivity contribution is -0.146. The van der Waals surface area contributed by atoms with Crippen LogP contribution in [-0.4, -0.2) is 32.1 Å². The highest BCUT2D eigenvalue weighted by Crippen LogP contribution is 2.54. The number of amides is 1. The molecule has 9 heteroatoms. The number of fused-ring (bicyclic) bond motifs is 2. The molecule has 1 saturated heterocycles. The second-order valence-corrected chi connectivity index (χ2v) is 12.8. The van der Waals surface area contributed by atoms with Gasteiger partial charge in [-0.1, -0.05) is 54.6 Å². The van der Waals surface area contributed by atoms with Gasteiger partial charge in [0.1, 0.15) is 11.8 Å². The lowest BCUT2D eigenvalue weighted by Gasteiger charge is -2.28. The van der Waals surface area contributed by atoms with E-state index in [9.17, 15) is 9.90 Å². The monoisotopic (exact) mass is 746 g/mol. The molecular weight excluding hydrogens is 718 g/mol. The number of aliphatic hydroxyl groups excluding tert-OH is 1. The van der Waals surface area contributed by atoms with Crippen LogP contribution >= 0.6 is 45.2 Å². The summed E-state index contributed by atoms with van der Waals surface area (Å²) in [5.74, 6) is 0.0435. The summed E-state index contributed by atoms with van der Waals surface area (Å²) in [6.45, 7) is 3.22. The molecule has 0 radical (unpaired) electrons. The van der Waals surface area contributed by atoms with Crippen molar-refractivity contribution >= 4 is 56.8 Å². The molecule has 1 amide bonds. The van der Waals surface area contributed by atoms with Gasteiger partial charge in [-0.15, -0.1) is 5.10 Å². The van der Waals surface area contributed by atoms with Crippen LogP contribution in [0.1, 0.15) is 48.3 Å². The quantitative estimate of drug-likeness (QED) is 0.241. The molecule has 1 N–H and O–H groups in total. The number of ether oxygens (including phenoxy) is 1. The van der Waals surface area contributed by atoms with Crippen molar-refractivity contribution in [1.82, 2.24) is 15.0 Å². The molecule has 39 heavy (non-hydrogen) atoms. The fourth-order valence-electron chi connectivity index (χ4n) is 5.78. The van der Waals surface area contributed by atoms with E-state index in [4.69, 9.17) is 4.74 Å². The molecular formula is C30H28I2N4O3. The van der Waals surface area contributed by atoms with E-state index in [-0.39, 0.29) is 17.9 Å². The number of halogens is 2. The van der Waals surface area contributed by atoms with E-state index in [0.29, 0.717) is 25.2 Å². The SMILES string of the molecule is C[C@@H]1C[C@H](CCn2cc([C@H](O)c3ccccc3)nn2)O[C@@]12C(=O)N(Cc1ccc(I)cc1)c1ccc(I)cc12. The highest BCUT2D eigenvalue weighted by atomic mass is 127. The van der Waals surface area contributed by atoms with Gasteiger partial charge in [-0.25, -0.2) is 0 Å². The summed E-state index contributed by atoms with van der Waals surface area (Å²) in [7, 11) is 0. The number of benzene rings is 3. The molecule has 0 saturated carbocycles. The predicted molar refractivity (Wildman–Crippen MR) is 165 cm³/mol. The van der Waals surface area contributed by atoms with Gasteiger partial charge in [0.15, 0.2) is 5.60 Å². The number of carbonyl (C=O) groups is 1. The van der Waals surface area contributed by atoms with Gasteiger partial charge < -0.3 is 14.7 Å². The Labute approximate surface area is 254 Å². The number of hydrogen-bond donors (Lipinski definition) is 1. The number of rotatable bonds is 7. The molecule has 4 aromatic rings. The van der Waals surface area contributed by atoms with Gasteiger partial charge in [0, 0.05) is 25.2 Å². The van der Waals surface area contributed by atoms with Gasteiger partial charge >= 0.3 is 0 Å². The summed E-state index contributed by atoms with van der Waals surface area (Å²) in [6, 6.07) is 23.9. The Morgan fingerprint density at radius 2 is 1.82 bits per heavy atom. The van der Waals surface area contributed by atoms with Crippen molar-refractivity contribution in [3.05, 3.63) is 109 Å². The molecule has 1 fully saturated rings. The zero-order chi connectivity index (χ0) is 27.1. The van der Waals surface area contributed by atoms with Crippen molar-refractivity contribution in [2.45, 2.75) is 50.7 Å². The van der Waals surface area contributed by atoms with Crippen LogP contribution in [0.5, 0.6) is 0 Å². The highest BCUT2D eigenvalue weighted by molar-refractivity contribution is 14.1. The minimum Gasteiger partial charge on any atom is -0.382 e. The van der Waals surface area contributed by atoms with Gasteiger partial charge in [-0.2, -0.15) is 0 Å². The Balaban J connectivity index is 1.20. The average molecular weight is 746 g/mol. The topological polar surface area (TPSA) is 80.5 Å². The number of aromatic nitrogens is 3. The molecule has 2 aliphatic rings. The third-order valence-electron chi connectivity index (χ3n) is 7.76. The number of hydrogen-bond acceptors (Lipinski definition) is 5. The zero-order valence-electron chi connectivity index (χ0n) is 21.4. The van der Waals surface area contributed by atoms with Gasteiger partial charge in [0.25, 0.3) is 5.91 Å². The molecule has 200 valence electrons. The average Bonchev–Trinajstić information content (AvgIpc) is 3.61. The van der Waals surface area contributed by atoms with Gasteiger partial charge in [-0.05, 0) is 99.5 Å². The smallest absolute Gasteiger partial charge is 0.264 e. The minimum absolute atomic E-state index is 0.0158. The summed E-state index contributed by atoms with van der Waals surface area (Å²) in [5.41, 5.74) is 3.30. The van der Waals surface area contributed by atoms with E-state index in [1.54, 1.807) is 10.9 Å². The standard InChI is InChI=1S/C30H28I2N4O3/c1-19-15-24(13-14-35-18-26(33-34-35)28(37)21-5-3-2-4-6-21)39-30(19)25-16-23(32)11-12-27(25)36(29(30)38)17-20-7-9-22(31)10-8-20/h2-12,16,18-19,24,28,37H,13-15,17H2,1H3/t19-,24+,28-,30+/m1/s1. The third kappa shape index (κ3) is 5.02. The van der Waals surface area contributed by atoms with Crippen LogP contribution in [0.15, 0.2) is 79.0 Å². The zero-order valence-corrected chi connectivity index (χ0v) is 25.7. The summed E-state index contributed by atoms with van der Waals surface area (Å²) in [5, 5.41) is 19.1. The molecule has 7 nitrogen and oxygen atoms in total. The fourth-order valence-corrected chi connectivity index (χ4v) is 6.63. The van der Waals surface area contributed by atoms with E-state index in [1.165, 1.54) is 3.57 Å². The Hall–Kier alpha value is -2.35. The summed E-state index contributed by atoms with van der Waals surface area (Å²) in [6.07, 6.45) is 2.34. The molecule has 1 spiro atoms. The van der Waals surface area contributed by atoms with E-state index in [2.05, 4.69) is 105 Å². The van der Waals surface area contributed by atoms with Crippen LogP contribution in [0, 0.1) is 13.1 Å². The first-order valence-electron chi connectivity index (χ1n) is 13.0. The molecule has 1 aromatic heterocycles. The van der Waals surface area contributed by atoms with Gasteiger partial charge in [-0.3, -0.25) is 9.48 Å². The van der Waals surface area contributed by atoms with Crippen molar-refractivity contribution in [1.29, 1.82) is 0 Å². The fraction of sp³-hybridized carbons (Fsp3) is 0.300. The van der Waals surface area contributed by atoms with Crippen molar-refractivity contribution in [2.24, 2.45) is 5.92 Å². The first-order chi connectivity index (χ1) is 18.8. The van der Waals surface area contributed by atoms with Crippen LogP contribution < -0.4 is 4.90 Å². The van der Waals surface area contributed by atoms with Crippen LogP contribution in [-0.2, 0) is 28.2 Å². The summed E-state index contributed by atoms with van der Waals surface area (Å²) >= 11 is 4.60. The number of nitrogens with zero attached hydrogens (tertiary/aromatic N) is 4. The second kappa shape index (κ2) is 10.9. The van der Waals surface area contributed by atoms with E-state index in [1.807, 2.05) is 35.2 Å².